The standard InChI is InChI=1S/2C7H16O.2C6H14O.C5H12O/c1-3-4-7(2)5-6-8;1-3-4-5-7(2)6-8;1-3-6(2)4-5-7;1-3-4-6(2)5-7;1-3-5(2)4-6/h2*7-8H,3-6H2,1-2H3;2*6-7H,3-5H2,1-2H3;5-6H,3-4H2,1-2H3. The average Bonchev–Trinajstić information content (AvgIpc) is 2.88. The summed E-state index contributed by atoms with van der Waals surface area (Å²) in [6.45, 7) is 22.9. The van der Waals surface area contributed by atoms with E-state index in [0.717, 1.165) is 25.7 Å². The van der Waals surface area contributed by atoms with Crippen molar-refractivity contribution in [1.82, 2.24) is 0 Å². The zero-order valence-electron chi connectivity index (χ0n) is 26.4. The van der Waals surface area contributed by atoms with Crippen molar-refractivity contribution in [2.75, 3.05) is 33.0 Å². The Morgan fingerprint density at radius 3 is 0.972 bits per heavy atom. The van der Waals surface area contributed by atoms with Crippen LogP contribution in [0.5, 0.6) is 0 Å². The van der Waals surface area contributed by atoms with E-state index in [4.69, 9.17) is 25.5 Å². The Bertz CT molecular complexity index is 306. The van der Waals surface area contributed by atoms with Crippen LogP contribution >= 0.6 is 0 Å². The topological polar surface area (TPSA) is 101 Å². The molecule has 0 saturated heterocycles. The monoisotopic (exact) mass is 525 g/mol. The highest BCUT2D eigenvalue weighted by Gasteiger charge is 1.97. The summed E-state index contributed by atoms with van der Waals surface area (Å²) in [6.07, 6.45) is 12.7. The van der Waals surface area contributed by atoms with Crippen LogP contribution in [0.15, 0.2) is 0 Å². The molecule has 226 valence electrons. The van der Waals surface area contributed by atoms with Gasteiger partial charge in [0.15, 0.2) is 0 Å². The van der Waals surface area contributed by atoms with Crippen molar-refractivity contribution in [1.29, 1.82) is 0 Å². The maximum atomic E-state index is 8.56. The molecule has 0 fully saturated rings. The number of hydrogen-bond donors (Lipinski definition) is 5. The van der Waals surface area contributed by atoms with Crippen LogP contribution in [0.3, 0.4) is 0 Å². The van der Waals surface area contributed by atoms with E-state index in [1.54, 1.807) is 0 Å². The van der Waals surface area contributed by atoms with Gasteiger partial charge in [0, 0.05) is 33.0 Å². The molecule has 0 amide bonds. The van der Waals surface area contributed by atoms with Gasteiger partial charge in [-0.05, 0) is 55.3 Å². The molecule has 5 N–H and O–H groups in total. The summed E-state index contributed by atoms with van der Waals surface area (Å²) in [4.78, 5) is 0. The fourth-order valence-electron chi connectivity index (χ4n) is 2.64. The minimum atomic E-state index is 0.330. The molecule has 0 heterocycles. The van der Waals surface area contributed by atoms with E-state index in [0.29, 0.717) is 62.6 Å². The zero-order chi connectivity index (χ0) is 29.2. The molecule has 5 heteroatoms. The first-order valence-electron chi connectivity index (χ1n) is 15.1. The molecule has 5 nitrogen and oxygen atoms in total. The molecular weight excluding hydrogens is 452 g/mol. The predicted octanol–water partition coefficient (Wildman–Crippen LogP) is 7.46. The van der Waals surface area contributed by atoms with Crippen molar-refractivity contribution in [2.45, 2.75) is 140 Å². The van der Waals surface area contributed by atoms with E-state index in [1.165, 1.54) is 44.9 Å². The lowest BCUT2D eigenvalue weighted by Gasteiger charge is -2.05. The molecule has 0 aliphatic carbocycles. The molecule has 0 saturated carbocycles. The lowest BCUT2D eigenvalue weighted by molar-refractivity contribution is 0.228. The second-order valence-electron chi connectivity index (χ2n) is 10.6. The van der Waals surface area contributed by atoms with Crippen LogP contribution in [0.25, 0.3) is 0 Å². The van der Waals surface area contributed by atoms with Crippen molar-refractivity contribution in [3.8, 4) is 0 Å². The van der Waals surface area contributed by atoms with Gasteiger partial charge >= 0.3 is 0 Å². The molecule has 0 aromatic rings. The average molecular weight is 525 g/mol. The molecule has 0 aliphatic rings. The van der Waals surface area contributed by atoms with Crippen molar-refractivity contribution in [2.24, 2.45) is 29.6 Å². The molecule has 5 unspecified atom stereocenters. The van der Waals surface area contributed by atoms with Crippen molar-refractivity contribution >= 4 is 0 Å². The van der Waals surface area contributed by atoms with E-state index >= 15 is 0 Å². The van der Waals surface area contributed by atoms with E-state index in [9.17, 15) is 0 Å². The summed E-state index contributed by atoms with van der Waals surface area (Å²) in [6, 6.07) is 0. The highest BCUT2D eigenvalue weighted by Crippen LogP contribution is 2.08. The molecule has 36 heavy (non-hydrogen) atoms. The Hall–Kier alpha value is -0.200. The third kappa shape index (κ3) is 54.6. The van der Waals surface area contributed by atoms with Gasteiger partial charge in [0.1, 0.15) is 0 Å². The van der Waals surface area contributed by atoms with Gasteiger partial charge in [-0.2, -0.15) is 0 Å². The number of aliphatic hydroxyl groups is 5. The van der Waals surface area contributed by atoms with Gasteiger partial charge in [-0.15, -0.1) is 0 Å². The minimum absolute atomic E-state index is 0.330. The fourth-order valence-corrected chi connectivity index (χ4v) is 2.64. The summed E-state index contributed by atoms with van der Waals surface area (Å²) >= 11 is 0. The van der Waals surface area contributed by atoms with Gasteiger partial charge < -0.3 is 25.5 Å². The third-order valence-corrected chi connectivity index (χ3v) is 6.19. The quantitative estimate of drug-likeness (QED) is 0.144. The van der Waals surface area contributed by atoms with Crippen LogP contribution in [0, 0.1) is 29.6 Å². The number of hydrogen-bond acceptors (Lipinski definition) is 5. The third-order valence-electron chi connectivity index (χ3n) is 6.19. The van der Waals surface area contributed by atoms with E-state index in [1.807, 2.05) is 6.92 Å². The van der Waals surface area contributed by atoms with Gasteiger partial charge in [-0.25, -0.2) is 0 Å². The van der Waals surface area contributed by atoms with Crippen LogP contribution in [0.2, 0.25) is 0 Å². The molecule has 0 aliphatic heterocycles. The summed E-state index contributed by atoms with van der Waals surface area (Å²) < 4.78 is 0. The molecule has 0 aromatic heterocycles. The highest BCUT2D eigenvalue weighted by atomic mass is 16.3. The van der Waals surface area contributed by atoms with Crippen LogP contribution in [-0.4, -0.2) is 58.6 Å². The predicted molar refractivity (Wildman–Crippen MR) is 160 cm³/mol. The van der Waals surface area contributed by atoms with Crippen molar-refractivity contribution in [3.05, 3.63) is 0 Å². The smallest absolute Gasteiger partial charge is 0.0456 e. The summed E-state index contributed by atoms with van der Waals surface area (Å²) in [5.74, 6) is 2.92. The summed E-state index contributed by atoms with van der Waals surface area (Å²) in [5, 5.41) is 42.2. The first kappa shape index (κ1) is 45.7. The van der Waals surface area contributed by atoms with Gasteiger partial charge in [-0.1, -0.05) is 114 Å². The maximum Gasteiger partial charge on any atom is 0.0456 e. The lowest BCUT2D eigenvalue weighted by atomic mass is 10.0. The fraction of sp³-hybridized carbons (Fsp3) is 1.00. The molecule has 0 bridgehead atoms. The molecule has 0 spiro atoms. The van der Waals surface area contributed by atoms with Crippen LogP contribution in [-0.2, 0) is 0 Å². The zero-order valence-corrected chi connectivity index (χ0v) is 26.4. The first-order valence-corrected chi connectivity index (χ1v) is 15.1. The first-order chi connectivity index (χ1) is 17.0. The Morgan fingerprint density at radius 2 is 0.750 bits per heavy atom. The number of rotatable bonds is 16. The molecule has 0 radical (unpaired) electrons. The highest BCUT2D eigenvalue weighted by molar-refractivity contribution is 4.49. The van der Waals surface area contributed by atoms with Crippen molar-refractivity contribution in [3.63, 3.8) is 0 Å². The van der Waals surface area contributed by atoms with Gasteiger partial charge in [-0.3, -0.25) is 0 Å². The normalized spacial score (nSPS) is 14.1. The Morgan fingerprint density at radius 1 is 0.389 bits per heavy atom. The molecular formula is C31H72O5. The number of unbranched alkanes of at least 4 members (excludes halogenated alkanes) is 1. The maximum absolute atomic E-state index is 8.56. The number of aliphatic hydroxyl groups excluding tert-OH is 5. The largest absolute Gasteiger partial charge is 0.396 e. The lowest BCUT2D eigenvalue weighted by Crippen LogP contribution is -1.98. The minimum Gasteiger partial charge on any atom is -0.396 e. The summed E-state index contributed by atoms with van der Waals surface area (Å²) in [7, 11) is 0. The molecule has 0 rings (SSSR count). The Labute approximate surface area is 228 Å². The van der Waals surface area contributed by atoms with Crippen LogP contribution < -0.4 is 0 Å². The summed E-state index contributed by atoms with van der Waals surface area (Å²) in [5.41, 5.74) is 0. The van der Waals surface area contributed by atoms with Crippen molar-refractivity contribution < 1.29 is 25.5 Å². The second-order valence-corrected chi connectivity index (χ2v) is 10.6. The van der Waals surface area contributed by atoms with Gasteiger partial charge in [0.2, 0.25) is 0 Å². The second kappa shape index (κ2) is 41.9. The molecule has 5 atom stereocenters. The van der Waals surface area contributed by atoms with E-state index < -0.39 is 0 Å². The SMILES string of the molecule is CCC(C)CCO.CCC(C)CO.CCCC(C)CCO.CCCC(C)CO.CCCCC(C)CO. The van der Waals surface area contributed by atoms with E-state index in [2.05, 4.69) is 62.3 Å². The van der Waals surface area contributed by atoms with Crippen LogP contribution in [0.1, 0.15) is 140 Å². The van der Waals surface area contributed by atoms with Gasteiger partial charge in [0.05, 0.1) is 0 Å². The Balaban J connectivity index is -0.000000112. The Kier molecular flexibility index (Phi) is 53.2. The van der Waals surface area contributed by atoms with Gasteiger partial charge in [0.25, 0.3) is 0 Å². The van der Waals surface area contributed by atoms with E-state index in [-0.39, 0.29) is 0 Å². The molecule has 0 aromatic carbocycles. The van der Waals surface area contributed by atoms with Crippen LogP contribution in [0.4, 0.5) is 0 Å².